The number of methoxy groups -OCH3 is 2. The van der Waals surface area contributed by atoms with Crippen molar-refractivity contribution in [1.29, 1.82) is 0 Å². The number of morpholine rings is 1. The highest BCUT2D eigenvalue weighted by molar-refractivity contribution is 6.09. The monoisotopic (exact) mass is 812 g/mol. The molecule has 1 aliphatic carbocycles. The highest BCUT2D eigenvalue weighted by atomic mass is 16.5. The molecule has 7 aromatic carbocycles. The Morgan fingerprint density at radius 2 is 1.15 bits per heavy atom. The van der Waals surface area contributed by atoms with Crippen molar-refractivity contribution in [3.8, 4) is 62.5 Å². The van der Waals surface area contributed by atoms with Crippen molar-refractivity contribution < 1.29 is 18.9 Å². The largest absolute Gasteiger partial charge is 0.493 e. The number of benzene rings is 7. The summed E-state index contributed by atoms with van der Waals surface area (Å²) in [6.07, 6.45) is 4.52. The van der Waals surface area contributed by atoms with Crippen molar-refractivity contribution in [2.24, 2.45) is 0 Å². The molecule has 1 saturated heterocycles. The van der Waals surface area contributed by atoms with E-state index in [1.165, 1.54) is 22.3 Å². The van der Waals surface area contributed by atoms with Crippen LogP contribution in [0.2, 0.25) is 0 Å². The lowest BCUT2D eigenvalue weighted by molar-refractivity contribution is 0.122. The van der Waals surface area contributed by atoms with Gasteiger partial charge in [-0.25, -0.2) is 15.0 Å². The predicted octanol–water partition coefficient (Wildman–Crippen LogP) is 11.4. The van der Waals surface area contributed by atoms with E-state index in [0.717, 1.165) is 81.9 Å². The van der Waals surface area contributed by atoms with Gasteiger partial charge in [0, 0.05) is 63.5 Å². The molecule has 0 radical (unpaired) electrons. The Balaban J connectivity index is 1.09. The van der Waals surface area contributed by atoms with Gasteiger partial charge in [0.2, 0.25) is 0 Å². The van der Waals surface area contributed by atoms with Crippen LogP contribution in [-0.2, 0) is 10.3 Å². The van der Waals surface area contributed by atoms with Gasteiger partial charge in [0.1, 0.15) is 5.75 Å². The van der Waals surface area contributed by atoms with Crippen molar-refractivity contribution in [1.82, 2.24) is 15.0 Å². The van der Waals surface area contributed by atoms with E-state index < -0.39 is 5.60 Å². The van der Waals surface area contributed by atoms with E-state index in [2.05, 4.69) is 109 Å². The number of aromatic nitrogens is 3. The number of rotatable bonds is 8. The fraction of sp³-hybridized carbons (Fsp3) is 0.167. The molecule has 0 bridgehead atoms. The molecule has 1 fully saturated rings. The lowest BCUT2D eigenvalue weighted by atomic mass is 9.81. The molecule has 62 heavy (non-hydrogen) atoms. The first-order valence-electron chi connectivity index (χ1n) is 21.2. The van der Waals surface area contributed by atoms with Crippen LogP contribution in [0, 0.1) is 0 Å². The first-order chi connectivity index (χ1) is 30.5. The summed E-state index contributed by atoms with van der Waals surface area (Å²) < 4.78 is 25.2. The first kappa shape index (κ1) is 37.7. The van der Waals surface area contributed by atoms with E-state index in [-0.39, 0.29) is 5.92 Å². The molecule has 2 atom stereocenters. The summed E-state index contributed by atoms with van der Waals surface area (Å²) in [6, 6.07) is 50.3. The van der Waals surface area contributed by atoms with Crippen LogP contribution < -0.4 is 19.1 Å². The van der Waals surface area contributed by atoms with Gasteiger partial charge in [-0.1, -0.05) is 134 Å². The van der Waals surface area contributed by atoms with E-state index in [9.17, 15) is 0 Å². The Bertz CT molecular complexity index is 2940. The second-order valence-corrected chi connectivity index (χ2v) is 16.0. The number of nitrogens with zero attached hydrogens (tertiary/aromatic N) is 4. The average Bonchev–Trinajstić information content (AvgIpc) is 3.66. The van der Waals surface area contributed by atoms with E-state index in [4.69, 9.17) is 33.9 Å². The molecule has 2 aliphatic heterocycles. The molecule has 3 aliphatic rings. The van der Waals surface area contributed by atoms with Crippen LogP contribution in [-0.4, -0.2) is 55.5 Å². The number of hydrogen-bond acceptors (Lipinski definition) is 8. The lowest BCUT2D eigenvalue weighted by Crippen LogP contribution is -2.37. The predicted molar refractivity (Wildman–Crippen MR) is 246 cm³/mol. The summed E-state index contributed by atoms with van der Waals surface area (Å²) >= 11 is 0. The van der Waals surface area contributed by atoms with Crippen LogP contribution in [0.15, 0.2) is 152 Å². The van der Waals surface area contributed by atoms with Gasteiger partial charge in [0.05, 0.1) is 27.4 Å². The van der Waals surface area contributed by atoms with Gasteiger partial charge < -0.3 is 23.8 Å². The summed E-state index contributed by atoms with van der Waals surface area (Å²) in [5, 5.41) is 2.02. The fourth-order valence-corrected chi connectivity index (χ4v) is 9.51. The highest BCUT2D eigenvalue weighted by Gasteiger charge is 2.41. The Morgan fingerprint density at radius 3 is 1.74 bits per heavy atom. The number of fused-ring (bicyclic) bond motifs is 8. The highest BCUT2D eigenvalue weighted by Crippen LogP contribution is 2.57. The summed E-state index contributed by atoms with van der Waals surface area (Å²) in [4.78, 5) is 17.3. The van der Waals surface area contributed by atoms with E-state index in [1.807, 2.05) is 60.7 Å². The van der Waals surface area contributed by atoms with Gasteiger partial charge in [-0.3, -0.25) is 0 Å². The Hall–Kier alpha value is -7.29. The minimum Gasteiger partial charge on any atom is -0.493 e. The third kappa shape index (κ3) is 6.21. The molecule has 0 spiro atoms. The maximum atomic E-state index is 7.68. The maximum Gasteiger partial charge on any atom is 0.178 e. The van der Waals surface area contributed by atoms with Crippen molar-refractivity contribution in [2.75, 3.05) is 45.4 Å². The van der Waals surface area contributed by atoms with Crippen LogP contribution in [0.3, 0.4) is 0 Å². The molecule has 8 aromatic rings. The zero-order valence-electron chi connectivity index (χ0n) is 34.8. The molecule has 1 aromatic heterocycles. The van der Waals surface area contributed by atoms with Crippen LogP contribution in [0.4, 0.5) is 5.69 Å². The molecule has 0 amide bonds. The molecule has 8 nitrogen and oxygen atoms in total. The number of ether oxygens (including phenoxy) is 4. The summed E-state index contributed by atoms with van der Waals surface area (Å²) in [6.45, 7) is 5.44. The first-order valence-corrected chi connectivity index (χ1v) is 21.2. The van der Waals surface area contributed by atoms with Crippen molar-refractivity contribution in [3.05, 3.63) is 179 Å². The molecule has 8 heteroatoms. The van der Waals surface area contributed by atoms with E-state index in [0.29, 0.717) is 29.0 Å². The molecule has 11 rings (SSSR count). The lowest BCUT2D eigenvalue weighted by Gasteiger charge is -2.38. The SMILES string of the molecule is COc1cc2c3c(c4c(c2cc1OC)-c1ccccc1C4C)C=CC(c1ccc(-c2nc(-c4ccccc4)nc(-c4ccccc4)n2)cc1)(c1ccc(N2CCOCC2)cc1)O3. The minimum absolute atomic E-state index is 0.155. The van der Waals surface area contributed by atoms with Gasteiger partial charge >= 0.3 is 0 Å². The topological polar surface area (TPSA) is 78.8 Å². The normalized spacial score (nSPS) is 17.5. The quantitative estimate of drug-likeness (QED) is 0.150. The molecule has 0 saturated carbocycles. The molecule has 2 unspecified atom stereocenters. The zero-order chi connectivity index (χ0) is 41.8. The zero-order valence-corrected chi connectivity index (χ0v) is 34.8. The van der Waals surface area contributed by atoms with Crippen LogP contribution in [0.25, 0.3) is 62.1 Å². The Morgan fingerprint density at radius 1 is 0.613 bits per heavy atom. The van der Waals surface area contributed by atoms with Crippen LogP contribution in [0.1, 0.15) is 40.7 Å². The van der Waals surface area contributed by atoms with Crippen molar-refractivity contribution in [2.45, 2.75) is 18.4 Å². The van der Waals surface area contributed by atoms with E-state index in [1.54, 1.807) is 14.2 Å². The van der Waals surface area contributed by atoms with Gasteiger partial charge in [0.15, 0.2) is 34.6 Å². The molecular weight excluding hydrogens is 769 g/mol. The van der Waals surface area contributed by atoms with Gasteiger partial charge in [-0.15, -0.1) is 0 Å². The van der Waals surface area contributed by atoms with Gasteiger partial charge in [-0.2, -0.15) is 0 Å². The minimum atomic E-state index is -0.998. The molecule has 0 N–H and O–H groups in total. The second kappa shape index (κ2) is 15.3. The summed E-state index contributed by atoms with van der Waals surface area (Å²) in [7, 11) is 3.37. The molecular formula is C54H44N4O4. The van der Waals surface area contributed by atoms with Crippen molar-refractivity contribution >= 4 is 22.5 Å². The standard InChI is InChI=1S/C54H44N4O4/c1-34-41-16-10-11-17-42(41)49-44-32-46(59-2)47(60-3)33-45(44)50-43(48(34)49)26-27-54(62-50,39-22-24-40(25-23-39)58-28-30-61-31-29-58)38-20-18-37(19-21-38)53-56-51(35-12-6-4-7-13-35)55-52(57-53)36-14-8-5-9-15-36/h4-27,32-34H,28-31H2,1-3H3. The Labute approximate surface area is 361 Å². The summed E-state index contributed by atoms with van der Waals surface area (Å²) in [5.74, 6) is 4.11. The van der Waals surface area contributed by atoms with Crippen LogP contribution in [0.5, 0.6) is 17.2 Å². The summed E-state index contributed by atoms with van der Waals surface area (Å²) in [5.41, 5.74) is 10.9. The third-order valence-corrected chi connectivity index (χ3v) is 12.7. The molecule has 304 valence electrons. The average molecular weight is 813 g/mol. The molecule has 3 heterocycles. The van der Waals surface area contributed by atoms with Crippen LogP contribution >= 0.6 is 0 Å². The van der Waals surface area contributed by atoms with Crippen molar-refractivity contribution in [3.63, 3.8) is 0 Å². The fourth-order valence-electron chi connectivity index (χ4n) is 9.51. The Kier molecular flexibility index (Phi) is 9.31. The van der Waals surface area contributed by atoms with Gasteiger partial charge in [-0.05, 0) is 58.0 Å². The van der Waals surface area contributed by atoms with E-state index >= 15 is 0 Å². The second-order valence-electron chi connectivity index (χ2n) is 16.0. The maximum absolute atomic E-state index is 7.68. The number of hydrogen-bond donors (Lipinski definition) is 0. The number of anilines is 1. The third-order valence-electron chi connectivity index (χ3n) is 12.7. The smallest absolute Gasteiger partial charge is 0.178 e. The van der Waals surface area contributed by atoms with Gasteiger partial charge in [0.25, 0.3) is 0 Å².